The minimum atomic E-state index is -0.624. The Balaban J connectivity index is 1.46. The molecule has 1 amide bonds. The quantitative estimate of drug-likeness (QED) is 0.487. The van der Waals surface area contributed by atoms with Crippen molar-refractivity contribution in [3.05, 3.63) is 101 Å². The molecular formula is C28H29F3N2O2. The lowest BCUT2D eigenvalue weighted by Crippen LogP contribution is -2.45. The van der Waals surface area contributed by atoms with E-state index in [2.05, 4.69) is 5.32 Å². The molecular weight excluding hydrogens is 453 g/mol. The third kappa shape index (κ3) is 6.42. The lowest BCUT2D eigenvalue weighted by atomic mass is 9.83. The molecule has 3 aromatic carbocycles. The highest BCUT2D eigenvalue weighted by molar-refractivity contribution is 5.79. The Morgan fingerprint density at radius 2 is 1.71 bits per heavy atom. The SMILES string of the molecule is COc1ccccc1CCNC(=O)[C@H]1C[C@H](c2ccc(F)cc2)CN(Cc2ccc(F)cc2F)C1. The van der Waals surface area contributed by atoms with E-state index in [-0.39, 0.29) is 30.1 Å². The number of methoxy groups -OCH3 is 1. The molecule has 1 heterocycles. The van der Waals surface area contributed by atoms with Crippen LogP contribution in [0.1, 0.15) is 29.0 Å². The van der Waals surface area contributed by atoms with Crippen molar-refractivity contribution < 1.29 is 22.7 Å². The summed E-state index contributed by atoms with van der Waals surface area (Å²) < 4.78 is 46.5. The molecule has 0 spiro atoms. The lowest BCUT2D eigenvalue weighted by molar-refractivity contribution is -0.127. The van der Waals surface area contributed by atoms with Gasteiger partial charge in [-0.3, -0.25) is 9.69 Å². The van der Waals surface area contributed by atoms with E-state index in [9.17, 15) is 18.0 Å². The van der Waals surface area contributed by atoms with E-state index >= 15 is 0 Å². The molecule has 1 aliphatic heterocycles. The predicted molar refractivity (Wildman–Crippen MR) is 129 cm³/mol. The molecule has 3 aromatic rings. The maximum Gasteiger partial charge on any atom is 0.224 e. The standard InChI is InChI=1S/C28H29F3N2O2/c1-35-27-5-3-2-4-20(27)12-13-32-28(34)23-14-22(19-6-9-24(29)10-7-19)17-33(18-23)16-21-8-11-25(30)15-26(21)31/h2-11,15,22-23H,12-14,16-18H2,1H3,(H,32,34)/t22-,23-/m0/s1. The number of amides is 1. The Morgan fingerprint density at radius 1 is 0.971 bits per heavy atom. The van der Waals surface area contributed by atoms with Gasteiger partial charge in [0.1, 0.15) is 23.2 Å². The number of ether oxygens (including phenoxy) is 1. The number of likely N-dealkylation sites (tertiary alicyclic amines) is 1. The number of carbonyl (C=O) groups is 1. The molecule has 0 bridgehead atoms. The van der Waals surface area contributed by atoms with Gasteiger partial charge >= 0.3 is 0 Å². The fourth-order valence-electron chi connectivity index (χ4n) is 4.75. The lowest BCUT2D eigenvalue weighted by Gasteiger charge is -2.37. The number of benzene rings is 3. The number of hydrogen-bond acceptors (Lipinski definition) is 3. The summed E-state index contributed by atoms with van der Waals surface area (Å²) in [5, 5.41) is 3.03. The van der Waals surface area contributed by atoms with Crippen molar-refractivity contribution in [2.75, 3.05) is 26.7 Å². The molecule has 0 radical (unpaired) electrons. The minimum absolute atomic E-state index is 0.0159. The summed E-state index contributed by atoms with van der Waals surface area (Å²) >= 11 is 0. The molecule has 1 N–H and O–H groups in total. The second kappa shape index (κ2) is 11.4. The Morgan fingerprint density at radius 3 is 2.46 bits per heavy atom. The summed E-state index contributed by atoms with van der Waals surface area (Å²) in [5.74, 6) is -1.18. The molecule has 35 heavy (non-hydrogen) atoms. The zero-order valence-electron chi connectivity index (χ0n) is 19.6. The zero-order chi connectivity index (χ0) is 24.8. The van der Waals surface area contributed by atoms with Gasteiger partial charge in [-0.2, -0.15) is 0 Å². The van der Waals surface area contributed by atoms with Crippen molar-refractivity contribution in [1.29, 1.82) is 0 Å². The van der Waals surface area contributed by atoms with Gasteiger partial charge in [0.15, 0.2) is 0 Å². The average molecular weight is 483 g/mol. The van der Waals surface area contributed by atoms with Crippen molar-refractivity contribution in [2.24, 2.45) is 5.92 Å². The van der Waals surface area contributed by atoms with Gasteiger partial charge in [0.25, 0.3) is 0 Å². The summed E-state index contributed by atoms with van der Waals surface area (Å²) in [5.41, 5.74) is 2.32. The molecule has 0 saturated carbocycles. The van der Waals surface area contributed by atoms with Crippen LogP contribution in [0.5, 0.6) is 5.75 Å². The van der Waals surface area contributed by atoms with Crippen LogP contribution in [0.25, 0.3) is 0 Å². The van der Waals surface area contributed by atoms with Gasteiger partial charge in [-0.05, 0) is 54.2 Å². The van der Waals surface area contributed by atoms with Crippen LogP contribution < -0.4 is 10.1 Å². The first kappa shape index (κ1) is 24.8. The number of nitrogens with one attached hydrogen (secondary N) is 1. The monoisotopic (exact) mass is 482 g/mol. The van der Waals surface area contributed by atoms with E-state index in [1.807, 2.05) is 29.2 Å². The number of carbonyl (C=O) groups excluding carboxylic acids is 1. The summed E-state index contributed by atoms with van der Waals surface area (Å²) in [7, 11) is 1.62. The highest BCUT2D eigenvalue weighted by Gasteiger charge is 2.32. The van der Waals surface area contributed by atoms with E-state index in [0.717, 1.165) is 22.9 Å². The van der Waals surface area contributed by atoms with E-state index in [1.54, 1.807) is 19.2 Å². The Hall–Kier alpha value is -3.32. The maximum absolute atomic E-state index is 14.3. The maximum atomic E-state index is 14.3. The van der Waals surface area contributed by atoms with Gasteiger partial charge in [-0.1, -0.05) is 36.4 Å². The number of halogens is 3. The molecule has 0 aromatic heterocycles. The largest absolute Gasteiger partial charge is 0.496 e. The summed E-state index contributed by atoms with van der Waals surface area (Å²) in [6.07, 6.45) is 1.24. The molecule has 7 heteroatoms. The first-order chi connectivity index (χ1) is 16.9. The topological polar surface area (TPSA) is 41.6 Å². The first-order valence-electron chi connectivity index (χ1n) is 11.7. The van der Waals surface area contributed by atoms with E-state index in [4.69, 9.17) is 4.74 Å². The molecule has 184 valence electrons. The van der Waals surface area contributed by atoms with Crippen LogP contribution in [0, 0.1) is 23.4 Å². The number of para-hydroxylation sites is 1. The molecule has 0 unspecified atom stereocenters. The zero-order valence-corrected chi connectivity index (χ0v) is 19.6. The molecule has 1 saturated heterocycles. The molecule has 1 aliphatic rings. The van der Waals surface area contributed by atoms with Crippen LogP contribution in [0.4, 0.5) is 13.2 Å². The third-order valence-corrected chi connectivity index (χ3v) is 6.53. The van der Waals surface area contributed by atoms with Crippen molar-refractivity contribution >= 4 is 5.91 Å². The summed E-state index contributed by atoms with van der Waals surface area (Å²) in [4.78, 5) is 15.1. The van der Waals surface area contributed by atoms with Crippen molar-refractivity contribution in [3.8, 4) is 5.75 Å². The van der Waals surface area contributed by atoms with Crippen LogP contribution in [-0.4, -0.2) is 37.6 Å². The number of hydrogen-bond donors (Lipinski definition) is 1. The Kier molecular flexibility index (Phi) is 8.08. The molecule has 2 atom stereocenters. The van der Waals surface area contributed by atoms with Crippen LogP contribution in [-0.2, 0) is 17.8 Å². The summed E-state index contributed by atoms with van der Waals surface area (Å²) in [6, 6.07) is 17.5. The van der Waals surface area contributed by atoms with Crippen LogP contribution in [0.3, 0.4) is 0 Å². The predicted octanol–water partition coefficient (Wildman–Crippen LogP) is 5.08. The fourth-order valence-corrected chi connectivity index (χ4v) is 4.75. The normalized spacial score (nSPS) is 18.3. The van der Waals surface area contributed by atoms with Crippen molar-refractivity contribution in [1.82, 2.24) is 10.2 Å². The van der Waals surface area contributed by atoms with E-state index in [1.165, 1.54) is 24.3 Å². The second-order valence-corrected chi connectivity index (χ2v) is 8.96. The molecule has 0 aliphatic carbocycles. The molecule has 4 nitrogen and oxygen atoms in total. The first-order valence-corrected chi connectivity index (χ1v) is 11.7. The Labute approximate surface area is 203 Å². The van der Waals surface area contributed by atoms with Crippen LogP contribution >= 0.6 is 0 Å². The highest BCUT2D eigenvalue weighted by Crippen LogP contribution is 2.32. The molecule has 4 rings (SSSR count). The smallest absolute Gasteiger partial charge is 0.224 e. The van der Waals surface area contributed by atoms with Crippen molar-refractivity contribution in [3.63, 3.8) is 0 Å². The van der Waals surface area contributed by atoms with E-state index in [0.29, 0.717) is 38.0 Å². The van der Waals surface area contributed by atoms with Crippen LogP contribution in [0.15, 0.2) is 66.7 Å². The second-order valence-electron chi connectivity index (χ2n) is 8.96. The number of piperidine rings is 1. The van der Waals surface area contributed by atoms with Crippen molar-refractivity contribution in [2.45, 2.75) is 25.3 Å². The van der Waals surface area contributed by atoms with Gasteiger partial charge in [-0.15, -0.1) is 0 Å². The van der Waals surface area contributed by atoms with Gasteiger partial charge < -0.3 is 10.1 Å². The number of nitrogens with zero attached hydrogens (tertiary/aromatic N) is 1. The third-order valence-electron chi connectivity index (χ3n) is 6.53. The number of rotatable bonds is 8. The van der Waals surface area contributed by atoms with Gasteiger partial charge in [0, 0.05) is 37.8 Å². The van der Waals surface area contributed by atoms with Gasteiger partial charge in [0.05, 0.1) is 13.0 Å². The van der Waals surface area contributed by atoms with E-state index < -0.39 is 11.6 Å². The van der Waals surface area contributed by atoms with Gasteiger partial charge in [-0.25, -0.2) is 13.2 Å². The van der Waals surface area contributed by atoms with Crippen LogP contribution in [0.2, 0.25) is 0 Å². The minimum Gasteiger partial charge on any atom is -0.496 e. The highest BCUT2D eigenvalue weighted by atomic mass is 19.1. The Bertz CT molecular complexity index is 1150. The molecule has 1 fully saturated rings. The van der Waals surface area contributed by atoms with Gasteiger partial charge in [0.2, 0.25) is 5.91 Å². The average Bonchev–Trinajstić information content (AvgIpc) is 2.86. The fraction of sp³-hybridized carbons (Fsp3) is 0.321. The summed E-state index contributed by atoms with van der Waals surface area (Å²) in [6.45, 7) is 1.76.